The van der Waals surface area contributed by atoms with E-state index in [1.165, 1.54) is 6.07 Å². The molecule has 1 heterocycles. The van der Waals surface area contributed by atoms with Gasteiger partial charge in [0.05, 0.1) is 34.8 Å². The van der Waals surface area contributed by atoms with E-state index >= 15 is 0 Å². The van der Waals surface area contributed by atoms with Crippen LogP contribution in [-0.2, 0) is 15.5 Å². The van der Waals surface area contributed by atoms with Gasteiger partial charge in [0, 0.05) is 18.0 Å². The van der Waals surface area contributed by atoms with Gasteiger partial charge in [-0.1, -0.05) is 6.92 Å². The zero-order chi connectivity index (χ0) is 15.4. The zero-order valence-corrected chi connectivity index (χ0v) is 12.6. The van der Waals surface area contributed by atoms with E-state index in [0.717, 1.165) is 25.2 Å². The van der Waals surface area contributed by atoms with E-state index in [2.05, 4.69) is 11.8 Å². The van der Waals surface area contributed by atoms with Crippen LogP contribution in [0.5, 0.6) is 0 Å². The predicted molar refractivity (Wildman–Crippen MR) is 76.5 cm³/mol. The number of carboxylic acids is 1. The molecule has 7 heteroatoms. The number of halogens is 1. The molecule has 0 saturated carbocycles. The molecule has 1 fully saturated rings. The Kier molecular flexibility index (Phi) is 5.44. The summed E-state index contributed by atoms with van der Waals surface area (Å²) in [5.41, 5.74) is -0.458. The molecule has 0 amide bonds. The van der Waals surface area contributed by atoms with Gasteiger partial charge in [0.25, 0.3) is 0 Å². The monoisotopic (exact) mass is 315 g/mol. The van der Waals surface area contributed by atoms with Gasteiger partial charge in [-0.25, -0.2) is 9.18 Å². The molecular weight excluding hydrogens is 297 g/mol. The number of aromatic carboxylic acids is 1. The number of carbonyl (C=O) groups is 1. The average Bonchev–Trinajstić information content (AvgIpc) is 2.47. The quantitative estimate of drug-likeness (QED) is 0.888. The lowest BCUT2D eigenvalue weighted by atomic mass is 10.2. The molecule has 1 saturated heterocycles. The second-order valence-corrected chi connectivity index (χ2v) is 6.34. The summed E-state index contributed by atoms with van der Waals surface area (Å²) >= 11 is 0. The largest absolute Gasteiger partial charge is 0.478 e. The molecule has 21 heavy (non-hydrogen) atoms. The zero-order valence-electron chi connectivity index (χ0n) is 11.8. The first-order valence-corrected chi connectivity index (χ1v) is 8.08. The summed E-state index contributed by atoms with van der Waals surface area (Å²) in [5, 5.41) is 8.89. The number of morpholine rings is 1. The second kappa shape index (κ2) is 7.11. The Morgan fingerprint density at radius 2 is 2.33 bits per heavy atom. The normalized spacial score (nSPS) is 21.1. The highest BCUT2D eigenvalue weighted by Gasteiger charge is 2.22. The van der Waals surface area contributed by atoms with Crippen LogP contribution in [0.15, 0.2) is 23.1 Å². The van der Waals surface area contributed by atoms with E-state index in [1.807, 2.05) is 0 Å². The van der Waals surface area contributed by atoms with Gasteiger partial charge in [-0.2, -0.15) is 0 Å². The first-order valence-electron chi connectivity index (χ1n) is 6.76. The molecule has 2 unspecified atom stereocenters. The van der Waals surface area contributed by atoms with Crippen LogP contribution in [-0.4, -0.2) is 58.3 Å². The molecular formula is C14H18FNO4S. The van der Waals surface area contributed by atoms with Crippen molar-refractivity contribution in [3.8, 4) is 0 Å². The molecule has 0 radical (unpaired) electrons. The van der Waals surface area contributed by atoms with Crippen molar-refractivity contribution < 1.29 is 23.2 Å². The Morgan fingerprint density at radius 3 is 3.00 bits per heavy atom. The summed E-state index contributed by atoms with van der Waals surface area (Å²) in [6, 6.07) is 3.53. The third kappa shape index (κ3) is 4.09. The number of ether oxygens (including phenoxy) is 1. The standard InChI is InChI=1S/C14H18FNO4S/c1-2-16-5-6-20-10(8-16)9-21(19)11-3-4-13(15)12(7-11)14(17)18/h3-4,7,10H,2,5-6,8-9H2,1H3,(H,17,18). The Bertz CT molecular complexity index is 552. The SMILES string of the molecule is CCN1CCOC(CS(=O)c2ccc(F)c(C(=O)O)c2)C1. The minimum atomic E-state index is -1.41. The number of carboxylic acid groups (broad SMARTS) is 1. The second-order valence-electron chi connectivity index (χ2n) is 4.85. The molecule has 1 aromatic rings. The van der Waals surface area contributed by atoms with Gasteiger partial charge in [0.2, 0.25) is 0 Å². The summed E-state index contributed by atoms with van der Waals surface area (Å²) in [4.78, 5) is 13.4. The highest BCUT2D eigenvalue weighted by Crippen LogP contribution is 2.16. The maximum absolute atomic E-state index is 13.3. The van der Waals surface area contributed by atoms with Crippen LogP contribution in [0.4, 0.5) is 4.39 Å². The lowest BCUT2D eigenvalue weighted by Crippen LogP contribution is -2.44. The van der Waals surface area contributed by atoms with Crippen LogP contribution in [0.1, 0.15) is 17.3 Å². The summed E-state index contributed by atoms with van der Waals surface area (Å²) in [6.45, 7) is 5.12. The molecule has 1 aliphatic heterocycles. The van der Waals surface area contributed by atoms with Crippen LogP contribution < -0.4 is 0 Å². The van der Waals surface area contributed by atoms with Crippen molar-refractivity contribution in [1.82, 2.24) is 4.90 Å². The van der Waals surface area contributed by atoms with Crippen molar-refractivity contribution in [3.63, 3.8) is 0 Å². The average molecular weight is 315 g/mol. The van der Waals surface area contributed by atoms with Crippen molar-refractivity contribution in [2.75, 3.05) is 32.0 Å². The molecule has 0 aliphatic carbocycles. The number of rotatable bonds is 5. The van der Waals surface area contributed by atoms with E-state index in [1.54, 1.807) is 0 Å². The molecule has 1 N–H and O–H groups in total. The van der Waals surface area contributed by atoms with Crippen LogP contribution in [0.25, 0.3) is 0 Å². The van der Waals surface area contributed by atoms with E-state index in [4.69, 9.17) is 9.84 Å². The molecule has 0 spiro atoms. The lowest BCUT2D eigenvalue weighted by molar-refractivity contribution is -0.0141. The van der Waals surface area contributed by atoms with Gasteiger partial charge < -0.3 is 9.84 Å². The molecule has 0 bridgehead atoms. The summed E-state index contributed by atoms with van der Waals surface area (Å²) in [6.07, 6.45) is -0.155. The van der Waals surface area contributed by atoms with E-state index in [9.17, 15) is 13.4 Å². The van der Waals surface area contributed by atoms with Crippen molar-refractivity contribution >= 4 is 16.8 Å². The minimum Gasteiger partial charge on any atom is -0.478 e. The summed E-state index contributed by atoms with van der Waals surface area (Å²) in [5.74, 6) is -1.91. The van der Waals surface area contributed by atoms with Gasteiger partial charge in [-0.05, 0) is 24.7 Å². The number of benzene rings is 1. The Balaban J connectivity index is 2.06. The van der Waals surface area contributed by atoms with E-state index in [0.29, 0.717) is 18.0 Å². The summed E-state index contributed by atoms with van der Waals surface area (Å²) < 4.78 is 31.2. The predicted octanol–water partition coefficient (Wildman–Crippen LogP) is 1.35. The first kappa shape index (κ1) is 16.1. The lowest BCUT2D eigenvalue weighted by Gasteiger charge is -2.31. The minimum absolute atomic E-state index is 0.155. The Labute approximate surface area is 125 Å². The van der Waals surface area contributed by atoms with E-state index in [-0.39, 0.29) is 11.9 Å². The summed E-state index contributed by atoms with van der Waals surface area (Å²) in [7, 11) is -1.41. The van der Waals surface area contributed by atoms with Crippen LogP contribution >= 0.6 is 0 Å². The van der Waals surface area contributed by atoms with Crippen LogP contribution in [0, 0.1) is 5.82 Å². The number of hydrogen-bond donors (Lipinski definition) is 1. The number of likely N-dealkylation sites (N-methyl/N-ethyl adjacent to an activating group) is 1. The third-order valence-corrected chi connectivity index (χ3v) is 4.89. The molecule has 2 atom stereocenters. The Hall–Kier alpha value is -1.31. The van der Waals surface area contributed by atoms with Gasteiger partial charge in [0.1, 0.15) is 5.82 Å². The molecule has 0 aromatic heterocycles. The fourth-order valence-corrected chi connectivity index (χ4v) is 3.44. The van der Waals surface area contributed by atoms with E-state index < -0.39 is 28.1 Å². The maximum atomic E-state index is 13.3. The fraction of sp³-hybridized carbons (Fsp3) is 0.500. The fourth-order valence-electron chi connectivity index (χ4n) is 2.24. The molecule has 5 nitrogen and oxygen atoms in total. The highest BCUT2D eigenvalue weighted by atomic mass is 32.2. The molecule has 1 aliphatic rings. The van der Waals surface area contributed by atoms with Gasteiger partial charge >= 0.3 is 5.97 Å². The first-order chi connectivity index (χ1) is 10.0. The highest BCUT2D eigenvalue weighted by molar-refractivity contribution is 7.85. The van der Waals surface area contributed by atoms with Crippen molar-refractivity contribution in [1.29, 1.82) is 0 Å². The van der Waals surface area contributed by atoms with Gasteiger partial charge in [-0.3, -0.25) is 9.11 Å². The number of nitrogens with zero attached hydrogens (tertiary/aromatic N) is 1. The molecule has 116 valence electrons. The van der Waals surface area contributed by atoms with Crippen molar-refractivity contribution in [2.45, 2.75) is 17.9 Å². The third-order valence-electron chi connectivity index (χ3n) is 3.44. The van der Waals surface area contributed by atoms with Crippen molar-refractivity contribution in [3.05, 3.63) is 29.6 Å². The van der Waals surface area contributed by atoms with Crippen LogP contribution in [0.2, 0.25) is 0 Å². The topological polar surface area (TPSA) is 66.8 Å². The van der Waals surface area contributed by atoms with Crippen LogP contribution in [0.3, 0.4) is 0 Å². The maximum Gasteiger partial charge on any atom is 0.338 e. The number of hydrogen-bond acceptors (Lipinski definition) is 4. The Morgan fingerprint density at radius 1 is 1.57 bits per heavy atom. The van der Waals surface area contributed by atoms with Gasteiger partial charge in [-0.15, -0.1) is 0 Å². The smallest absolute Gasteiger partial charge is 0.338 e. The van der Waals surface area contributed by atoms with Crippen molar-refractivity contribution in [2.24, 2.45) is 0 Å². The van der Waals surface area contributed by atoms with Gasteiger partial charge in [0.15, 0.2) is 0 Å². The molecule has 1 aromatic carbocycles. The molecule has 2 rings (SSSR count).